The molecule has 1 aromatic rings. The highest BCUT2D eigenvalue weighted by Gasteiger charge is 2.24. The number of ether oxygens (including phenoxy) is 4. The fourth-order valence-corrected chi connectivity index (χ4v) is 1.65. The van der Waals surface area contributed by atoms with Gasteiger partial charge >= 0.3 is 0 Å². The molecule has 1 aliphatic heterocycles. The molecule has 0 N–H and O–H groups in total. The molecule has 0 saturated carbocycles. The summed E-state index contributed by atoms with van der Waals surface area (Å²) in [6.07, 6.45) is 0.663. The molecule has 4 heteroatoms. The second kappa shape index (κ2) is 4.31. The summed E-state index contributed by atoms with van der Waals surface area (Å²) in [5, 5.41) is 0. The van der Waals surface area contributed by atoms with Crippen LogP contribution in [0.15, 0.2) is 18.2 Å². The Kier molecular flexibility index (Phi) is 3.03. The lowest BCUT2D eigenvalue weighted by atomic mass is 10.1. The van der Waals surface area contributed by atoms with E-state index in [4.69, 9.17) is 18.9 Å². The summed E-state index contributed by atoms with van der Waals surface area (Å²) in [6.45, 7) is 2.20. The van der Waals surface area contributed by atoms with Gasteiger partial charge in [0.05, 0.1) is 0 Å². The molecule has 0 radical (unpaired) electrons. The van der Waals surface area contributed by atoms with Gasteiger partial charge < -0.3 is 18.9 Å². The number of methoxy groups -OCH3 is 2. The van der Waals surface area contributed by atoms with E-state index >= 15 is 0 Å². The standard InChI is InChI=1S/C12H16O4/c1-12(13-2,14-3)7-9-4-5-10-11(6-9)16-8-15-10/h4-6H,7-8H2,1-3H3. The quantitative estimate of drug-likeness (QED) is 0.733. The van der Waals surface area contributed by atoms with Gasteiger partial charge in [-0.05, 0) is 24.6 Å². The summed E-state index contributed by atoms with van der Waals surface area (Å²) < 4.78 is 21.2. The second-order valence-corrected chi connectivity index (χ2v) is 3.91. The zero-order valence-electron chi connectivity index (χ0n) is 9.78. The Morgan fingerprint density at radius 1 is 1.19 bits per heavy atom. The van der Waals surface area contributed by atoms with Crippen LogP contribution in [-0.4, -0.2) is 26.8 Å². The molecule has 88 valence electrons. The van der Waals surface area contributed by atoms with E-state index in [1.807, 2.05) is 25.1 Å². The lowest BCUT2D eigenvalue weighted by Crippen LogP contribution is -2.32. The van der Waals surface area contributed by atoms with Crippen molar-refractivity contribution in [1.29, 1.82) is 0 Å². The molecule has 0 bridgehead atoms. The summed E-state index contributed by atoms with van der Waals surface area (Å²) in [5.74, 6) is 0.973. The van der Waals surface area contributed by atoms with E-state index in [2.05, 4.69) is 0 Å². The van der Waals surface area contributed by atoms with Gasteiger partial charge in [0.1, 0.15) is 0 Å². The highest BCUT2D eigenvalue weighted by atomic mass is 16.7. The van der Waals surface area contributed by atoms with Crippen molar-refractivity contribution >= 4 is 0 Å². The average Bonchev–Trinajstić information content (AvgIpc) is 2.76. The van der Waals surface area contributed by atoms with E-state index in [0.717, 1.165) is 17.1 Å². The Morgan fingerprint density at radius 2 is 1.88 bits per heavy atom. The molecule has 1 heterocycles. The first-order valence-electron chi connectivity index (χ1n) is 5.16. The third-order valence-electron chi connectivity index (χ3n) is 2.83. The summed E-state index contributed by atoms with van der Waals surface area (Å²) in [5.41, 5.74) is 1.09. The molecule has 16 heavy (non-hydrogen) atoms. The van der Waals surface area contributed by atoms with Gasteiger partial charge in [-0.3, -0.25) is 0 Å². The first-order valence-corrected chi connectivity index (χ1v) is 5.16. The lowest BCUT2D eigenvalue weighted by molar-refractivity contribution is -0.191. The van der Waals surface area contributed by atoms with Crippen LogP contribution in [0.1, 0.15) is 12.5 Å². The van der Waals surface area contributed by atoms with Gasteiger partial charge in [0, 0.05) is 20.6 Å². The number of fused-ring (bicyclic) bond motifs is 1. The normalized spacial score (nSPS) is 14.2. The highest BCUT2D eigenvalue weighted by Crippen LogP contribution is 2.33. The van der Waals surface area contributed by atoms with Gasteiger partial charge in [0.2, 0.25) is 6.79 Å². The predicted octanol–water partition coefficient (Wildman–Crippen LogP) is 1.97. The minimum absolute atomic E-state index is 0.296. The van der Waals surface area contributed by atoms with Crippen molar-refractivity contribution < 1.29 is 18.9 Å². The van der Waals surface area contributed by atoms with Gasteiger partial charge in [0.25, 0.3) is 0 Å². The van der Waals surface area contributed by atoms with Crippen LogP contribution in [0.4, 0.5) is 0 Å². The van der Waals surface area contributed by atoms with Crippen molar-refractivity contribution in [2.24, 2.45) is 0 Å². The molecule has 0 fully saturated rings. The van der Waals surface area contributed by atoms with Crippen LogP contribution >= 0.6 is 0 Å². The van der Waals surface area contributed by atoms with Crippen molar-refractivity contribution in [2.75, 3.05) is 21.0 Å². The maximum absolute atomic E-state index is 5.32. The Balaban J connectivity index is 2.16. The number of hydrogen-bond donors (Lipinski definition) is 0. The van der Waals surface area contributed by atoms with Crippen LogP contribution in [0.2, 0.25) is 0 Å². The van der Waals surface area contributed by atoms with E-state index in [9.17, 15) is 0 Å². The zero-order chi connectivity index (χ0) is 11.6. The SMILES string of the molecule is COC(C)(Cc1ccc2c(c1)OCO2)OC. The van der Waals surface area contributed by atoms with Crippen molar-refractivity contribution in [2.45, 2.75) is 19.1 Å². The van der Waals surface area contributed by atoms with E-state index in [1.54, 1.807) is 14.2 Å². The summed E-state index contributed by atoms with van der Waals surface area (Å²) in [6, 6.07) is 5.85. The average molecular weight is 224 g/mol. The van der Waals surface area contributed by atoms with Crippen LogP contribution in [0.3, 0.4) is 0 Å². The van der Waals surface area contributed by atoms with Crippen LogP contribution in [-0.2, 0) is 15.9 Å². The number of hydrogen-bond acceptors (Lipinski definition) is 4. The van der Waals surface area contributed by atoms with Gasteiger partial charge in [-0.2, -0.15) is 0 Å². The van der Waals surface area contributed by atoms with E-state index in [1.165, 1.54) is 0 Å². The van der Waals surface area contributed by atoms with Crippen LogP contribution in [0.25, 0.3) is 0 Å². The second-order valence-electron chi connectivity index (χ2n) is 3.91. The molecule has 0 atom stereocenters. The van der Waals surface area contributed by atoms with Crippen LogP contribution in [0, 0.1) is 0 Å². The molecule has 0 saturated heterocycles. The first kappa shape index (κ1) is 11.2. The van der Waals surface area contributed by atoms with E-state index < -0.39 is 5.79 Å². The monoisotopic (exact) mass is 224 g/mol. The molecule has 4 nitrogen and oxygen atoms in total. The highest BCUT2D eigenvalue weighted by molar-refractivity contribution is 5.44. The van der Waals surface area contributed by atoms with Gasteiger partial charge in [-0.15, -0.1) is 0 Å². The third-order valence-corrected chi connectivity index (χ3v) is 2.83. The summed E-state index contributed by atoms with van der Waals surface area (Å²) >= 11 is 0. The van der Waals surface area contributed by atoms with E-state index in [0.29, 0.717) is 13.2 Å². The Labute approximate surface area is 95.1 Å². The maximum atomic E-state index is 5.32. The smallest absolute Gasteiger partial charge is 0.231 e. The fourth-order valence-electron chi connectivity index (χ4n) is 1.65. The molecule has 0 aromatic heterocycles. The zero-order valence-corrected chi connectivity index (χ0v) is 9.78. The molecular weight excluding hydrogens is 208 g/mol. The molecule has 0 spiro atoms. The number of rotatable bonds is 4. The minimum Gasteiger partial charge on any atom is -0.454 e. The maximum Gasteiger partial charge on any atom is 0.231 e. The first-order chi connectivity index (χ1) is 7.67. The van der Waals surface area contributed by atoms with Crippen LogP contribution < -0.4 is 9.47 Å². The van der Waals surface area contributed by atoms with Crippen molar-refractivity contribution in [1.82, 2.24) is 0 Å². The Bertz CT molecular complexity index is 371. The molecular formula is C12H16O4. The molecule has 0 unspecified atom stereocenters. The van der Waals surface area contributed by atoms with Gasteiger partial charge in [0.15, 0.2) is 17.3 Å². The largest absolute Gasteiger partial charge is 0.454 e. The molecule has 0 amide bonds. The van der Waals surface area contributed by atoms with Crippen molar-refractivity contribution in [3.05, 3.63) is 23.8 Å². The fraction of sp³-hybridized carbons (Fsp3) is 0.500. The minimum atomic E-state index is -0.603. The Morgan fingerprint density at radius 3 is 2.56 bits per heavy atom. The van der Waals surface area contributed by atoms with Crippen molar-refractivity contribution in [3.8, 4) is 11.5 Å². The van der Waals surface area contributed by atoms with E-state index in [-0.39, 0.29) is 0 Å². The molecule has 0 aliphatic carbocycles. The third kappa shape index (κ3) is 2.13. The van der Waals surface area contributed by atoms with Gasteiger partial charge in [-0.25, -0.2) is 0 Å². The molecule has 1 aromatic carbocycles. The summed E-state index contributed by atoms with van der Waals surface area (Å²) in [4.78, 5) is 0. The lowest BCUT2D eigenvalue weighted by Gasteiger charge is -2.26. The predicted molar refractivity (Wildman–Crippen MR) is 58.7 cm³/mol. The van der Waals surface area contributed by atoms with Crippen molar-refractivity contribution in [3.63, 3.8) is 0 Å². The Hall–Kier alpha value is -1.26. The molecule has 2 rings (SSSR count). The molecule has 1 aliphatic rings. The topological polar surface area (TPSA) is 36.9 Å². The number of benzene rings is 1. The van der Waals surface area contributed by atoms with Crippen LogP contribution in [0.5, 0.6) is 11.5 Å². The summed E-state index contributed by atoms with van der Waals surface area (Å²) in [7, 11) is 3.27. The van der Waals surface area contributed by atoms with Gasteiger partial charge in [-0.1, -0.05) is 6.07 Å².